The SMILES string of the molecule is N#CC(C#N)C(=O)c1cccc(I)c1. The van der Waals surface area contributed by atoms with Crippen LogP contribution in [0.1, 0.15) is 10.4 Å². The molecule has 0 bridgehead atoms. The second kappa shape index (κ2) is 4.73. The summed E-state index contributed by atoms with van der Waals surface area (Å²) in [5.74, 6) is -1.64. The first kappa shape index (κ1) is 10.7. The maximum absolute atomic E-state index is 11.5. The molecule has 0 saturated carbocycles. The molecule has 0 N–H and O–H groups in total. The fourth-order valence-corrected chi connectivity index (χ4v) is 1.50. The van der Waals surface area contributed by atoms with Crippen molar-refractivity contribution < 1.29 is 4.79 Å². The molecule has 0 heterocycles. The predicted octanol–water partition coefficient (Wildman–Crippen LogP) is 2.14. The minimum absolute atomic E-state index is 0.407. The van der Waals surface area contributed by atoms with Crippen LogP contribution in [0.2, 0.25) is 0 Å². The minimum atomic E-state index is -1.20. The summed E-state index contributed by atoms with van der Waals surface area (Å²) < 4.78 is 0.906. The molecule has 0 radical (unpaired) electrons. The van der Waals surface area contributed by atoms with E-state index in [-0.39, 0.29) is 0 Å². The second-order valence-electron chi connectivity index (χ2n) is 2.57. The van der Waals surface area contributed by atoms with Crippen molar-refractivity contribution in [2.75, 3.05) is 0 Å². The highest BCUT2D eigenvalue weighted by Gasteiger charge is 2.18. The molecular formula is C10H5IN2O. The molecule has 3 nitrogen and oxygen atoms in total. The van der Waals surface area contributed by atoms with Gasteiger partial charge in [-0.05, 0) is 34.7 Å². The van der Waals surface area contributed by atoms with Crippen LogP contribution in [0.15, 0.2) is 24.3 Å². The summed E-state index contributed by atoms with van der Waals surface area (Å²) in [4.78, 5) is 11.5. The molecule has 4 heteroatoms. The average molecular weight is 296 g/mol. The van der Waals surface area contributed by atoms with Gasteiger partial charge in [-0.2, -0.15) is 10.5 Å². The van der Waals surface area contributed by atoms with Gasteiger partial charge < -0.3 is 0 Å². The van der Waals surface area contributed by atoms with Crippen molar-refractivity contribution in [2.45, 2.75) is 0 Å². The molecule has 14 heavy (non-hydrogen) atoms. The molecule has 68 valence electrons. The normalized spacial score (nSPS) is 9.14. The summed E-state index contributed by atoms with van der Waals surface area (Å²) >= 11 is 2.07. The van der Waals surface area contributed by atoms with E-state index in [0.717, 1.165) is 3.57 Å². The minimum Gasteiger partial charge on any atom is -0.291 e. The van der Waals surface area contributed by atoms with Gasteiger partial charge >= 0.3 is 0 Å². The zero-order valence-electron chi connectivity index (χ0n) is 7.07. The van der Waals surface area contributed by atoms with Crippen molar-refractivity contribution in [3.63, 3.8) is 0 Å². The van der Waals surface area contributed by atoms with Gasteiger partial charge in [-0.15, -0.1) is 0 Å². The third-order valence-corrected chi connectivity index (χ3v) is 2.30. The molecule has 1 rings (SSSR count). The summed E-state index contributed by atoms with van der Waals surface area (Å²) in [7, 11) is 0. The first-order valence-corrected chi connectivity index (χ1v) is 4.86. The van der Waals surface area contributed by atoms with Gasteiger partial charge in [0.05, 0.1) is 12.1 Å². The van der Waals surface area contributed by atoms with Crippen molar-refractivity contribution in [3.8, 4) is 12.1 Å². The number of benzene rings is 1. The molecule has 0 spiro atoms. The van der Waals surface area contributed by atoms with E-state index in [1.54, 1.807) is 30.3 Å². The number of ketones is 1. The van der Waals surface area contributed by atoms with E-state index in [9.17, 15) is 4.79 Å². The number of nitrogens with zero attached hydrogens (tertiary/aromatic N) is 2. The largest absolute Gasteiger partial charge is 0.291 e. The van der Waals surface area contributed by atoms with Crippen molar-refractivity contribution in [2.24, 2.45) is 5.92 Å². The molecule has 0 atom stereocenters. The summed E-state index contributed by atoms with van der Waals surface area (Å²) in [5, 5.41) is 17.1. The molecule has 0 aliphatic rings. The fraction of sp³-hybridized carbons (Fsp3) is 0.100. The molecule has 0 aliphatic heterocycles. The van der Waals surface area contributed by atoms with Crippen LogP contribution >= 0.6 is 22.6 Å². The quantitative estimate of drug-likeness (QED) is 0.620. The number of carbonyl (C=O) groups is 1. The monoisotopic (exact) mass is 296 g/mol. The zero-order valence-corrected chi connectivity index (χ0v) is 9.22. The Morgan fingerprint density at radius 3 is 2.50 bits per heavy atom. The number of hydrogen-bond acceptors (Lipinski definition) is 3. The van der Waals surface area contributed by atoms with Gasteiger partial charge in [0.25, 0.3) is 0 Å². The van der Waals surface area contributed by atoms with Crippen LogP contribution in [0.5, 0.6) is 0 Å². The van der Waals surface area contributed by atoms with Gasteiger partial charge in [0.1, 0.15) is 0 Å². The van der Waals surface area contributed by atoms with E-state index in [4.69, 9.17) is 10.5 Å². The van der Waals surface area contributed by atoms with Crippen LogP contribution in [0, 0.1) is 32.2 Å². The topological polar surface area (TPSA) is 64.7 Å². The van der Waals surface area contributed by atoms with Crippen LogP contribution in [-0.2, 0) is 0 Å². The van der Waals surface area contributed by atoms with Gasteiger partial charge in [0, 0.05) is 9.13 Å². The maximum atomic E-state index is 11.5. The van der Waals surface area contributed by atoms with Gasteiger partial charge in [-0.25, -0.2) is 0 Å². The molecule has 1 aromatic rings. The van der Waals surface area contributed by atoms with E-state index < -0.39 is 11.7 Å². The third-order valence-electron chi connectivity index (χ3n) is 1.63. The van der Waals surface area contributed by atoms with Crippen molar-refractivity contribution in [3.05, 3.63) is 33.4 Å². The first-order chi connectivity index (χ1) is 6.69. The maximum Gasteiger partial charge on any atom is 0.195 e. The lowest BCUT2D eigenvalue weighted by Gasteiger charge is -2.00. The van der Waals surface area contributed by atoms with Crippen LogP contribution < -0.4 is 0 Å². The molecule has 0 unspecified atom stereocenters. The number of halogens is 1. The highest BCUT2D eigenvalue weighted by Crippen LogP contribution is 2.12. The summed E-state index contributed by atoms with van der Waals surface area (Å²) in [6, 6.07) is 10.1. The number of hydrogen-bond donors (Lipinski definition) is 0. The van der Waals surface area contributed by atoms with Gasteiger partial charge in [0.15, 0.2) is 11.7 Å². The summed E-state index contributed by atoms with van der Waals surface area (Å²) in [5.41, 5.74) is 0.407. The highest BCUT2D eigenvalue weighted by molar-refractivity contribution is 14.1. The third kappa shape index (κ3) is 2.30. The van der Waals surface area contributed by atoms with Crippen molar-refractivity contribution in [1.82, 2.24) is 0 Å². The van der Waals surface area contributed by atoms with Crippen LogP contribution in [0.4, 0.5) is 0 Å². The number of rotatable bonds is 2. The summed E-state index contributed by atoms with van der Waals surface area (Å²) in [6.45, 7) is 0. The Morgan fingerprint density at radius 2 is 2.00 bits per heavy atom. The van der Waals surface area contributed by atoms with E-state index in [1.165, 1.54) is 0 Å². The van der Waals surface area contributed by atoms with E-state index in [1.807, 2.05) is 6.07 Å². The smallest absolute Gasteiger partial charge is 0.195 e. The van der Waals surface area contributed by atoms with Crippen molar-refractivity contribution in [1.29, 1.82) is 10.5 Å². The van der Waals surface area contributed by atoms with Gasteiger partial charge in [0.2, 0.25) is 0 Å². The van der Waals surface area contributed by atoms with Gasteiger partial charge in [-0.3, -0.25) is 4.79 Å². The first-order valence-electron chi connectivity index (χ1n) is 3.78. The highest BCUT2D eigenvalue weighted by atomic mass is 127. The molecule has 0 aromatic heterocycles. The number of carbonyl (C=O) groups excluding carboxylic acids is 1. The molecule has 0 fully saturated rings. The Kier molecular flexibility index (Phi) is 3.61. The molecule has 1 aromatic carbocycles. The fourth-order valence-electron chi connectivity index (χ4n) is 0.955. The molecule has 0 saturated heterocycles. The second-order valence-corrected chi connectivity index (χ2v) is 3.81. The number of nitriles is 2. The van der Waals surface area contributed by atoms with E-state index >= 15 is 0 Å². The average Bonchev–Trinajstić information content (AvgIpc) is 2.19. The Morgan fingerprint density at radius 1 is 1.36 bits per heavy atom. The lowest BCUT2D eigenvalue weighted by atomic mass is 10.0. The Bertz CT molecular complexity index is 428. The van der Waals surface area contributed by atoms with Crippen LogP contribution in [0.25, 0.3) is 0 Å². The predicted molar refractivity (Wildman–Crippen MR) is 58.2 cm³/mol. The summed E-state index contributed by atoms with van der Waals surface area (Å²) in [6.07, 6.45) is 0. The number of Topliss-reactive ketones (excluding diaryl/α,β-unsaturated/α-hetero) is 1. The molecular weight excluding hydrogens is 291 g/mol. The Balaban J connectivity index is 3.03. The van der Waals surface area contributed by atoms with Crippen molar-refractivity contribution >= 4 is 28.4 Å². The Labute approximate surface area is 95.1 Å². The zero-order chi connectivity index (χ0) is 10.6. The Hall–Kier alpha value is -1.40. The van der Waals surface area contributed by atoms with Gasteiger partial charge in [-0.1, -0.05) is 12.1 Å². The van der Waals surface area contributed by atoms with E-state index in [2.05, 4.69) is 22.6 Å². The van der Waals surface area contributed by atoms with E-state index in [0.29, 0.717) is 5.56 Å². The molecule has 0 amide bonds. The van der Waals surface area contributed by atoms with Crippen LogP contribution in [0.3, 0.4) is 0 Å². The van der Waals surface area contributed by atoms with Crippen LogP contribution in [-0.4, -0.2) is 5.78 Å². The standard InChI is InChI=1S/C10H5IN2O/c11-9-3-1-2-7(4-9)10(14)8(5-12)6-13/h1-4,8H. The lowest BCUT2D eigenvalue weighted by molar-refractivity contribution is 0.0971. The molecule has 0 aliphatic carbocycles. The lowest BCUT2D eigenvalue weighted by Crippen LogP contribution is -2.10.